The van der Waals surface area contributed by atoms with Gasteiger partial charge in [-0.15, -0.1) is 5.10 Å². The van der Waals surface area contributed by atoms with Gasteiger partial charge in [0.1, 0.15) is 0 Å². The van der Waals surface area contributed by atoms with Crippen LogP contribution in [0.2, 0.25) is 0 Å². The van der Waals surface area contributed by atoms with E-state index < -0.39 is 0 Å². The Labute approximate surface area is 185 Å². The molecule has 8 heteroatoms. The average molecular weight is 431 g/mol. The zero-order valence-corrected chi connectivity index (χ0v) is 18.2. The Bertz CT molecular complexity index is 1340. The number of hydrogen-bond donors (Lipinski definition) is 2. The number of benzene rings is 1. The van der Waals surface area contributed by atoms with E-state index in [2.05, 4.69) is 20.5 Å². The van der Waals surface area contributed by atoms with Crippen molar-refractivity contribution in [1.29, 1.82) is 0 Å². The lowest BCUT2D eigenvalue weighted by Crippen LogP contribution is -2.39. The highest BCUT2D eigenvalue weighted by Gasteiger charge is 2.25. The van der Waals surface area contributed by atoms with Crippen molar-refractivity contribution in [1.82, 2.24) is 29.9 Å². The van der Waals surface area contributed by atoms with Crippen molar-refractivity contribution in [3.05, 3.63) is 76.0 Å². The smallest absolute Gasteiger partial charge is 0.267 e. The fourth-order valence-corrected chi connectivity index (χ4v) is 4.57. The van der Waals surface area contributed by atoms with Crippen LogP contribution in [0.1, 0.15) is 53.5 Å². The van der Waals surface area contributed by atoms with Gasteiger partial charge in [0.25, 0.3) is 11.5 Å². The minimum absolute atomic E-state index is 0.0165. The number of rotatable bonds is 4. The number of hydrogen-bond acceptors (Lipinski definition) is 4. The molecule has 0 radical (unpaired) electrons. The van der Waals surface area contributed by atoms with Crippen molar-refractivity contribution in [2.24, 2.45) is 0 Å². The summed E-state index contributed by atoms with van der Waals surface area (Å²) in [6.07, 6.45) is 5.05. The fourth-order valence-electron chi connectivity index (χ4n) is 4.57. The van der Waals surface area contributed by atoms with Gasteiger partial charge in [0.2, 0.25) is 0 Å². The number of H-pyrrole nitrogens is 1. The van der Waals surface area contributed by atoms with E-state index in [9.17, 15) is 9.59 Å². The second-order valence-electron chi connectivity index (χ2n) is 8.57. The van der Waals surface area contributed by atoms with Gasteiger partial charge >= 0.3 is 0 Å². The van der Waals surface area contributed by atoms with Crippen LogP contribution < -0.4 is 10.9 Å². The van der Waals surface area contributed by atoms with Crippen LogP contribution in [0, 0.1) is 13.8 Å². The third-order valence-electron chi connectivity index (χ3n) is 6.23. The van der Waals surface area contributed by atoms with E-state index in [4.69, 9.17) is 0 Å². The van der Waals surface area contributed by atoms with Crippen molar-refractivity contribution >= 4 is 16.8 Å². The summed E-state index contributed by atoms with van der Waals surface area (Å²) in [6.45, 7) is 3.91. The highest BCUT2D eigenvalue weighted by molar-refractivity contribution is 5.98. The number of aromatic nitrogens is 5. The van der Waals surface area contributed by atoms with E-state index in [-0.39, 0.29) is 23.6 Å². The molecule has 2 N–H and O–H groups in total. The summed E-state index contributed by atoms with van der Waals surface area (Å²) in [6, 6.07) is 13.0. The summed E-state index contributed by atoms with van der Waals surface area (Å²) in [5.41, 5.74) is 3.38. The van der Waals surface area contributed by atoms with E-state index in [0.717, 1.165) is 48.0 Å². The van der Waals surface area contributed by atoms with Gasteiger partial charge < -0.3 is 10.3 Å². The van der Waals surface area contributed by atoms with Crippen LogP contribution in [-0.2, 0) is 0 Å². The van der Waals surface area contributed by atoms with E-state index in [0.29, 0.717) is 11.4 Å². The number of nitrogens with zero attached hydrogens (tertiary/aromatic N) is 4. The summed E-state index contributed by atoms with van der Waals surface area (Å²) in [5, 5.41) is 13.3. The lowest BCUT2D eigenvalue weighted by Gasteiger charge is -2.29. The highest BCUT2D eigenvalue weighted by Crippen LogP contribution is 2.27. The topological polar surface area (TPSA) is 97.6 Å². The molecule has 3 aromatic heterocycles. The van der Waals surface area contributed by atoms with Crippen LogP contribution in [-0.4, -0.2) is 36.5 Å². The Morgan fingerprint density at radius 1 is 1.03 bits per heavy atom. The molecule has 1 aliphatic carbocycles. The summed E-state index contributed by atoms with van der Waals surface area (Å²) >= 11 is 0. The van der Waals surface area contributed by atoms with Crippen molar-refractivity contribution < 1.29 is 4.79 Å². The third-order valence-corrected chi connectivity index (χ3v) is 6.23. The molecule has 1 aliphatic rings. The molecule has 1 fully saturated rings. The normalized spacial score (nSPS) is 18.7. The first-order valence-electron chi connectivity index (χ1n) is 11.0. The monoisotopic (exact) mass is 430 g/mol. The standard InChI is InChI=1S/C24H26N6O2/c1-15-13-16(2)29(27-15)22-9-10-23(31)30(28-22)20-7-5-19(6-8-20)26-24(32)18-4-3-17-11-12-25-21(17)14-18/h3-4,9-14,19-20,25H,5-8H2,1-2H3,(H,26,32). The van der Waals surface area contributed by atoms with E-state index >= 15 is 0 Å². The maximum atomic E-state index is 12.7. The Balaban J connectivity index is 1.26. The van der Waals surface area contributed by atoms with Gasteiger partial charge in [-0.3, -0.25) is 9.59 Å². The van der Waals surface area contributed by atoms with Gasteiger partial charge in [-0.2, -0.15) is 5.10 Å². The fraction of sp³-hybridized carbons (Fsp3) is 0.333. The zero-order valence-electron chi connectivity index (χ0n) is 18.2. The first-order chi connectivity index (χ1) is 15.5. The summed E-state index contributed by atoms with van der Waals surface area (Å²) < 4.78 is 3.35. The summed E-state index contributed by atoms with van der Waals surface area (Å²) in [4.78, 5) is 28.4. The molecule has 0 unspecified atom stereocenters. The number of aromatic amines is 1. The quantitative estimate of drug-likeness (QED) is 0.518. The molecule has 1 aromatic carbocycles. The molecule has 32 heavy (non-hydrogen) atoms. The number of aryl methyl sites for hydroxylation is 2. The molecule has 5 rings (SSSR count). The summed E-state index contributed by atoms with van der Waals surface area (Å²) in [7, 11) is 0. The first-order valence-corrected chi connectivity index (χ1v) is 11.0. The molecule has 0 bridgehead atoms. The summed E-state index contributed by atoms with van der Waals surface area (Å²) in [5.74, 6) is 0.581. The first kappa shape index (κ1) is 20.2. The maximum Gasteiger partial charge on any atom is 0.267 e. The lowest BCUT2D eigenvalue weighted by molar-refractivity contribution is 0.0921. The van der Waals surface area contributed by atoms with Crippen LogP contribution >= 0.6 is 0 Å². The van der Waals surface area contributed by atoms with Crippen LogP contribution in [0.5, 0.6) is 0 Å². The predicted molar refractivity (Wildman–Crippen MR) is 122 cm³/mol. The van der Waals surface area contributed by atoms with Crippen molar-refractivity contribution in [3.8, 4) is 5.82 Å². The predicted octanol–water partition coefficient (Wildman–Crippen LogP) is 3.44. The van der Waals surface area contributed by atoms with Crippen LogP contribution in [0.25, 0.3) is 16.7 Å². The second kappa shape index (κ2) is 8.11. The molecule has 0 atom stereocenters. The van der Waals surface area contributed by atoms with Crippen molar-refractivity contribution in [3.63, 3.8) is 0 Å². The molecule has 0 saturated heterocycles. The van der Waals surface area contributed by atoms with Crippen LogP contribution in [0.3, 0.4) is 0 Å². The number of carbonyl (C=O) groups is 1. The zero-order chi connectivity index (χ0) is 22.2. The number of fused-ring (bicyclic) bond motifs is 1. The molecular weight excluding hydrogens is 404 g/mol. The van der Waals surface area contributed by atoms with E-state index in [1.807, 2.05) is 50.4 Å². The Morgan fingerprint density at radius 2 is 1.84 bits per heavy atom. The van der Waals surface area contributed by atoms with Crippen LogP contribution in [0.4, 0.5) is 0 Å². The maximum absolute atomic E-state index is 12.7. The lowest BCUT2D eigenvalue weighted by atomic mass is 9.91. The number of carbonyl (C=O) groups excluding carboxylic acids is 1. The molecule has 0 spiro atoms. The van der Waals surface area contributed by atoms with E-state index in [1.54, 1.807) is 21.5 Å². The van der Waals surface area contributed by atoms with Gasteiger partial charge in [0.15, 0.2) is 5.82 Å². The molecule has 4 aromatic rings. The number of nitrogens with one attached hydrogen (secondary N) is 2. The largest absolute Gasteiger partial charge is 0.361 e. The van der Waals surface area contributed by atoms with Gasteiger partial charge in [-0.05, 0) is 75.2 Å². The number of amides is 1. The van der Waals surface area contributed by atoms with Gasteiger partial charge in [0, 0.05) is 35.1 Å². The Hall–Kier alpha value is -3.68. The van der Waals surface area contributed by atoms with Crippen molar-refractivity contribution in [2.75, 3.05) is 0 Å². The second-order valence-corrected chi connectivity index (χ2v) is 8.57. The molecular formula is C24H26N6O2. The van der Waals surface area contributed by atoms with Crippen molar-refractivity contribution in [2.45, 2.75) is 51.6 Å². The average Bonchev–Trinajstić information content (AvgIpc) is 3.39. The van der Waals surface area contributed by atoms with E-state index in [1.165, 1.54) is 0 Å². The molecule has 1 amide bonds. The molecule has 1 saturated carbocycles. The Kier molecular flexibility index (Phi) is 5.13. The molecule has 164 valence electrons. The Morgan fingerprint density at radius 3 is 2.59 bits per heavy atom. The minimum Gasteiger partial charge on any atom is -0.361 e. The SMILES string of the molecule is Cc1cc(C)n(-c2ccc(=O)n(C3CCC(NC(=O)c4ccc5cc[nH]c5c4)CC3)n2)n1. The van der Waals surface area contributed by atoms with Gasteiger partial charge in [0.05, 0.1) is 11.7 Å². The molecule has 3 heterocycles. The van der Waals surface area contributed by atoms with Gasteiger partial charge in [-0.25, -0.2) is 9.36 Å². The third kappa shape index (κ3) is 3.84. The molecule has 8 nitrogen and oxygen atoms in total. The van der Waals surface area contributed by atoms with Gasteiger partial charge in [-0.1, -0.05) is 6.07 Å². The highest BCUT2D eigenvalue weighted by atomic mass is 16.1. The molecule has 0 aliphatic heterocycles. The minimum atomic E-state index is -0.109. The van der Waals surface area contributed by atoms with Crippen LogP contribution in [0.15, 0.2) is 53.5 Å².